The molecule has 1 aliphatic heterocycles. The monoisotopic (exact) mass is 413 g/mol. The van der Waals surface area contributed by atoms with Crippen LogP contribution >= 0.6 is 0 Å². The van der Waals surface area contributed by atoms with Gasteiger partial charge in [-0.2, -0.15) is 0 Å². The van der Waals surface area contributed by atoms with E-state index < -0.39 is 11.4 Å². The summed E-state index contributed by atoms with van der Waals surface area (Å²) in [6, 6.07) is 5.43. The van der Waals surface area contributed by atoms with Crippen LogP contribution in [0.2, 0.25) is 0 Å². The van der Waals surface area contributed by atoms with Crippen molar-refractivity contribution in [2.75, 3.05) is 27.4 Å². The number of rotatable bonds is 7. The number of carboxylic acids is 1. The Morgan fingerprint density at radius 2 is 1.97 bits per heavy atom. The average molecular weight is 413 g/mol. The molecule has 0 radical (unpaired) electrons. The number of methoxy groups -OCH3 is 2. The summed E-state index contributed by atoms with van der Waals surface area (Å²) in [6.07, 6.45) is 3.24. The van der Waals surface area contributed by atoms with E-state index in [1.165, 1.54) is 12.3 Å². The molecule has 1 fully saturated rings. The summed E-state index contributed by atoms with van der Waals surface area (Å²) in [4.78, 5) is 24.0. The Kier molecular flexibility index (Phi) is 5.10. The summed E-state index contributed by atoms with van der Waals surface area (Å²) in [5, 5.41) is 9.44. The van der Waals surface area contributed by atoms with Gasteiger partial charge in [-0.25, -0.2) is 4.79 Å². The quantitative estimate of drug-likeness (QED) is 0.697. The summed E-state index contributed by atoms with van der Waals surface area (Å²) in [6.45, 7) is 5.48. The van der Waals surface area contributed by atoms with Gasteiger partial charge in [-0.05, 0) is 29.5 Å². The molecule has 1 N–H and O–H groups in total. The Labute approximate surface area is 175 Å². The van der Waals surface area contributed by atoms with Gasteiger partial charge >= 0.3 is 5.97 Å². The molecule has 160 valence electrons. The van der Waals surface area contributed by atoms with Crippen molar-refractivity contribution < 1.29 is 24.1 Å². The zero-order chi connectivity index (χ0) is 21.6. The molecule has 2 atom stereocenters. The minimum Gasteiger partial charge on any atom is -0.493 e. The lowest BCUT2D eigenvalue weighted by molar-refractivity contribution is 0.0442. The molecule has 2 aromatic rings. The highest BCUT2D eigenvalue weighted by Crippen LogP contribution is 2.63. The predicted octanol–water partition coefficient (Wildman–Crippen LogP) is 3.71. The normalized spacial score (nSPS) is 20.4. The lowest BCUT2D eigenvalue weighted by Gasteiger charge is -2.56. The smallest absolute Gasteiger partial charge is 0.341 e. The third kappa shape index (κ3) is 3.17. The summed E-state index contributed by atoms with van der Waals surface area (Å²) < 4.78 is 18.6. The van der Waals surface area contributed by atoms with E-state index >= 15 is 0 Å². The average Bonchev–Trinajstić information content (AvgIpc) is 2.69. The zero-order valence-corrected chi connectivity index (χ0v) is 17.7. The lowest BCUT2D eigenvalue weighted by Crippen LogP contribution is -2.46. The molecule has 7 heteroatoms. The molecule has 7 nitrogen and oxygen atoms in total. The molecule has 0 saturated heterocycles. The Bertz CT molecular complexity index is 1050. The van der Waals surface area contributed by atoms with Crippen LogP contribution in [0.15, 0.2) is 29.2 Å². The van der Waals surface area contributed by atoms with Gasteiger partial charge in [0.15, 0.2) is 16.9 Å². The largest absolute Gasteiger partial charge is 0.493 e. The van der Waals surface area contributed by atoms with Crippen LogP contribution in [0.1, 0.15) is 54.6 Å². The highest BCUT2D eigenvalue weighted by atomic mass is 16.5. The van der Waals surface area contributed by atoms with Crippen molar-refractivity contribution in [2.45, 2.75) is 38.6 Å². The van der Waals surface area contributed by atoms with E-state index in [4.69, 9.17) is 14.2 Å². The maximum absolute atomic E-state index is 12.5. The van der Waals surface area contributed by atoms with E-state index in [9.17, 15) is 14.7 Å². The Morgan fingerprint density at radius 3 is 2.60 bits per heavy atom. The number of carbonyl (C=O) groups is 1. The van der Waals surface area contributed by atoms with Gasteiger partial charge in [0.25, 0.3) is 0 Å². The molecule has 0 amide bonds. The summed E-state index contributed by atoms with van der Waals surface area (Å²) in [7, 11) is 3.25. The van der Waals surface area contributed by atoms with E-state index in [-0.39, 0.29) is 22.9 Å². The van der Waals surface area contributed by atoms with Crippen molar-refractivity contribution in [1.29, 1.82) is 0 Å². The minimum atomic E-state index is -1.20. The molecular formula is C23H27NO6. The van der Waals surface area contributed by atoms with Crippen molar-refractivity contribution in [3.63, 3.8) is 0 Å². The number of pyridine rings is 1. The van der Waals surface area contributed by atoms with Crippen molar-refractivity contribution >= 4 is 5.97 Å². The molecule has 30 heavy (non-hydrogen) atoms. The molecule has 0 bridgehead atoms. The molecule has 1 aromatic heterocycles. The number of fused-ring (bicyclic) bond motifs is 6. The molecular weight excluding hydrogens is 386 g/mol. The topological polar surface area (TPSA) is 87.0 Å². The molecule has 4 rings (SSSR count). The SMILES string of the molecule is COCCCOc1cc2c(cc1OC)-c1cc(=O)c(C(=O)O)cn1[C@H]1[C@@H]2CC1(C)C. The van der Waals surface area contributed by atoms with Crippen molar-refractivity contribution in [1.82, 2.24) is 4.57 Å². The molecule has 1 aromatic carbocycles. The molecule has 0 unspecified atom stereocenters. The highest BCUT2D eigenvalue weighted by Gasteiger charge is 2.52. The number of aromatic nitrogens is 1. The van der Waals surface area contributed by atoms with E-state index in [0.717, 1.165) is 29.7 Å². The van der Waals surface area contributed by atoms with Gasteiger partial charge < -0.3 is 23.9 Å². The molecule has 1 aliphatic carbocycles. The number of benzene rings is 1. The number of carboxylic acid groups (broad SMARTS) is 1. The van der Waals surface area contributed by atoms with Crippen LogP contribution < -0.4 is 14.9 Å². The van der Waals surface area contributed by atoms with Gasteiger partial charge in [0.2, 0.25) is 0 Å². The first-order valence-electron chi connectivity index (χ1n) is 10.1. The molecule has 2 aliphatic rings. The lowest BCUT2D eigenvalue weighted by atomic mass is 9.55. The first-order valence-corrected chi connectivity index (χ1v) is 10.1. The van der Waals surface area contributed by atoms with Gasteiger partial charge in [0.1, 0.15) is 5.56 Å². The van der Waals surface area contributed by atoms with Gasteiger partial charge in [-0.1, -0.05) is 13.8 Å². The molecule has 2 heterocycles. The van der Waals surface area contributed by atoms with Crippen LogP contribution in [-0.4, -0.2) is 43.1 Å². The standard InChI is InChI=1S/C23H27NO6/c1-23(2)11-15-13-8-20(30-7-5-6-28-3)19(29-4)9-14(13)17-10-18(25)16(22(26)27)12-24(17)21(15)23/h8-10,12,15,21H,5-7,11H2,1-4H3,(H,26,27)/t15-,21+/m1/s1. The van der Waals surface area contributed by atoms with E-state index in [1.807, 2.05) is 16.7 Å². The maximum atomic E-state index is 12.5. The van der Waals surface area contributed by atoms with Crippen LogP contribution in [0.3, 0.4) is 0 Å². The molecule has 1 saturated carbocycles. The fourth-order valence-corrected chi connectivity index (χ4v) is 4.95. The number of hydrogen-bond acceptors (Lipinski definition) is 5. The van der Waals surface area contributed by atoms with Crippen molar-refractivity contribution in [3.05, 3.63) is 45.7 Å². The van der Waals surface area contributed by atoms with E-state index in [0.29, 0.717) is 24.7 Å². The Morgan fingerprint density at radius 1 is 1.20 bits per heavy atom. The third-order valence-electron chi connectivity index (χ3n) is 6.30. The van der Waals surface area contributed by atoms with Gasteiger partial charge in [-0.3, -0.25) is 4.79 Å². The maximum Gasteiger partial charge on any atom is 0.341 e. The Balaban J connectivity index is 1.85. The number of aromatic carboxylic acids is 1. The fourth-order valence-electron chi connectivity index (χ4n) is 4.95. The second-order valence-corrected chi connectivity index (χ2v) is 8.68. The van der Waals surface area contributed by atoms with Crippen LogP contribution in [0.5, 0.6) is 11.5 Å². The van der Waals surface area contributed by atoms with Crippen LogP contribution in [0.25, 0.3) is 11.3 Å². The second-order valence-electron chi connectivity index (χ2n) is 8.68. The van der Waals surface area contributed by atoms with Crippen LogP contribution in [0.4, 0.5) is 0 Å². The number of nitrogens with zero attached hydrogens (tertiary/aromatic N) is 1. The second kappa shape index (κ2) is 7.47. The van der Waals surface area contributed by atoms with Gasteiger partial charge in [0.05, 0.1) is 19.4 Å². The predicted molar refractivity (Wildman–Crippen MR) is 112 cm³/mol. The highest BCUT2D eigenvalue weighted by molar-refractivity contribution is 5.88. The third-order valence-corrected chi connectivity index (χ3v) is 6.30. The zero-order valence-electron chi connectivity index (χ0n) is 17.7. The summed E-state index contributed by atoms with van der Waals surface area (Å²) in [5.41, 5.74) is 2.02. The van der Waals surface area contributed by atoms with Gasteiger partial charge in [-0.15, -0.1) is 0 Å². The number of hydrogen-bond donors (Lipinski definition) is 1. The molecule has 0 spiro atoms. The van der Waals surface area contributed by atoms with E-state index in [1.54, 1.807) is 14.2 Å². The van der Waals surface area contributed by atoms with E-state index in [2.05, 4.69) is 13.8 Å². The van der Waals surface area contributed by atoms with Crippen LogP contribution in [0, 0.1) is 5.41 Å². The van der Waals surface area contributed by atoms with Gasteiger partial charge in [0, 0.05) is 49.9 Å². The fraction of sp³-hybridized carbons (Fsp3) is 0.478. The summed E-state index contributed by atoms with van der Waals surface area (Å²) in [5.74, 6) is 0.282. The van der Waals surface area contributed by atoms with Crippen molar-refractivity contribution in [3.8, 4) is 22.8 Å². The Hall–Kier alpha value is -2.80. The van der Waals surface area contributed by atoms with Crippen molar-refractivity contribution in [2.24, 2.45) is 5.41 Å². The first kappa shape index (κ1) is 20.5. The minimum absolute atomic E-state index is 0.0125. The summed E-state index contributed by atoms with van der Waals surface area (Å²) >= 11 is 0. The number of ether oxygens (including phenoxy) is 3. The first-order chi connectivity index (χ1) is 14.3. The van der Waals surface area contributed by atoms with Crippen LogP contribution in [-0.2, 0) is 4.74 Å².